The van der Waals surface area contributed by atoms with Gasteiger partial charge in [-0.2, -0.15) is 0 Å². The Hall–Kier alpha value is -0.0171. The van der Waals surface area contributed by atoms with E-state index in [-0.39, 0.29) is 0 Å². The maximum absolute atomic E-state index is 11.4. The van der Waals surface area contributed by atoms with Crippen molar-refractivity contribution in [2.45, 2.75) is 10.0 Å². The van der Waals surface area contributed by atoms with E-state index in [0.717, 1.165) is 0 Å². The van der Waals surface area contributed by atoms with E-state index in [1.807, 2.05) is 0 Å². The molecule has 0 aromatic carbocycles. The topological polar surface area (TPSA) is 0 Å². The van der Waals surface area contributed by atoms with Gasteiger partial charge in [0.2, 0.25) is 0 Å². The molecule has 0 aromatic rings. The van der Waals surface area contributed by atoms with Gasteiger partial charge in [0.05, 0.1) is 0 Å². The van der Waals surface area contributed by atoms with Crippen LogP contribution in [0, 0.1) is 0 Å². The fourth-order valence-electron chi connectivity index (χ4n) is 0.161. The van der Waals surface area contributed by atoms with Crippen LogP contribution in [0.4, 0.5) is 33.3 Å². The van der Waals surface area contributed by atoms with E-state index < -0.39 is 24.2 Å². The number of rotatable bonds is 0. The van der Waals surface area contributed by atoms with Crippen molar-refractivity contribution in [2.75, 3.05) is 0 Å². The summed E-state index contributed by atoms with van der Waals surface area (Å²) < 4.78 is 88.4. The van der Waals surface area contributed by atoms with Crippen LogP contribution in [-0.2, 0) is 0 Å². The fourth-order valence-corrected chi connectivity index (χ4v) is 0.835. The molecule has 0 unspecified atom stereocenters. The Bertz CT molecular complexity index is 123. The van der Waals surface area contributed by atoms with E-state index in [4.69, 9.17) is 0 Å². The molecule has 0 fully saturated rings. The van der Waals surface area contributed by atoms with Crippen molar-refractivity contribution in [1.82, 2.24) is 0 Å². The van der Waals surface area contributed by atoms with Crippen molar-refractivity contribution in [3.05, 3.63) is 0 Å². The Labute approximate surface area is 58.5 Å². The first-order valence-electron chi connectivity index (χ1n) is 2.01. The van der Waals surface area contributed by atoms with E-state index in [0.29, 0.717) is 0 Å². The Balaban J connectivity index is 4.75. The van der Waals surface area contributed by atoms with Crippen molar-refractivity contribution in [3.8, 4) is 0 Å². The number of hydrogen-bond acceptors (Lipinski definition) is 0. The summed E-state index contributed by atoms with van der Waals surface area (Å²) in [6.07, 6.45) is 0. The first-order chi connectivity index (χ1) is 4.50. The molecular formula is C2F8Ge. The predicted molar refractivity (Wildman–Crippen MR) is 20.1 cm³/mol. The molecule has 0 aliphatic rings. The zero-order valence-electron chi connectivity index (χ0n) is 4.52. The molecule has 0 nitrogen and oxygen atoms in total. The minimum absolute atomic E-state index is 6.39. The molecule has 0 spiro atoms. The molecule has 0 radical (unpaired) electrons. The molecule has 0 amide bonds. The van der Waals surface area contributed by atoms with Crippen LogP contribution >= 0.6 is 0 Å². The molecule has 0 heterocycles. The molecule has 0 N–H and O–H groups in total. The van der Waals surface area contributed by atoms with E-state index in [1.165, 1.54) is 0 Å². The molecular weight excluding hydrogens is 249 g/mol. The normalized spacial score (nSPS) is 15.3. The van der Waals surface area contributed by atoms with Crippen LogP contribution in [0.1, 0.15) is 0 Å². The Kier molecular flexibility index (Phi) is 2.49. The summed E-state index contributed by atoms with van der Waals surface area (Å²) in [5, 5.41) is -12.8. The van der Waals surface area contributed by atoms with Gasteiger partial charge in [-0.15, -0.1) is 0 Å². The minimum atomic E-state index is -8.62. The quantitative estimate of drug-likeness (QED) is 0.457. The van der Waals surface area contributed by atoms with Gasteiger partial charge in [0, 0.05) is 0 Å². The number of hydrogen-bond donors (Lipinski definition) is 0. The molecule has 11 heavy (non-hydrogen) atoms. The first kappa shape index (κ1) is 11.0. The van der Waals surface area contributed by atoms with Crippen LogP contribution in [0.2, 0.25) is 0 Å². The third kappa shape index (κ3) is 1.97. The van der Waals surface area contributed by atoms with Crippen molar-refractivity contribution in [2.24, 2.45) is 0 Å². The monoisotopic (exact) mass is 250 g/mol. The molecule has 0 aromatic heterocycles. The van der Waals surface area contributed by atoms with Crippen molar-refractivity contribution in [1.29, 1.82) is 0 Å². The van der Waals surface area contributed by atoms with Gasteiger partial charge in [0.1, 0.15) is 0 Å². The van der Waals surface area contributed by atoms with Gasteiger partial charge in [0.25, 0.3) is 0 Å². The van der Waals surface area contributed by atoms with Crippen molar-refractivity contribution < 1.29 is 33.3 Å². The Morgan fingerprint density at radius 1 is 0.636 bits per heavy atom. The summed E-state index contributed by atoms with van der Waals surface area (Å²) >= 11 is -8.62. The molecule has 0 saturated carbocycles. The molecule has 0 aliphatic carbocycles. The summed E-state index contributed by atoms with van der Waals surface area (Å²) in [4.78, 5) is 0. The molecule has 9 heteroatoms. The zero-order chi connectivity index (χ0) is 9.50. The van der Waals surface area contributed by atoms with Crippen molar-refractivity contribution >= 4 is 14.2 Å². The fraction of sp³-hybridized carbons (Fsp3) is 1.00. The summed E-state index contributed by atoms with van der Waals surface area (Å²) in [6.45, 7) is 0. The summed E-state index contributed by atoms with van der Waals surface area (Å²) in [5.41, 5.74) is 0. The van der Waals surface area contributed by atoms with Crippen LogP contribution in [0.3, 0.4) is 0 Å². The van der Waals surface area contributed by atoms with E-state index in [1.54, 1.807) is 0 Å². The zero-order valence-corrected chi connectivity index (χ0v) is 6.62. The third-order valence-corrected chi connectivity index (χ3v) is 3.70. The molecule has 0 saturated heterocycles. The van der Waals surface area contributed by atoms with E-state index in [9.17, 15) is 33.3 Å². The molecule has 0 atom stereocenters. The Morgan fingerprint density at radius 2 is 0.818 bits per heavy atom. The van der Waals surface area contributed by atoms with Crippen molar-refractivity contribution in [3.63, 3.8) is 0 Å². The van der Waals surface area contributed by atoms with Crippen LogP contribution in [0.15, 0.2) is 0 Å². The van der Waals surface area contributed by atoms with Gasteiger partial charge in [-0.25, -0.2) is 0 Å². The second-order valence-electron chi connectivity index (χ2n) is 1.57. The number of halogens is 8. The van der Waals surface area contributed by atoms with Crippen LogP contribution in [0.25, 0.3) is 0 Å². The third-order valence-electron chi connectivity index (χ3n) is 0.712. The number of alkyl halides is 6. The maximum atomic E-state index is 11.4. The second-order valence-corrected chi connectivity index (χ2v) is 6.36. The molecule has 0 aliphatic heterocycles. The summed E-state index contributed by atoms with van der Waals surface area (Å²) in [6, 6.07) is 0. The average molecular weight is 249 g/mol. The summed E-state index contributed by atoms with van der Waals surface area (Å²) in [7, 11) is 0. The SMILES string of the molecule is F[C](F)(F)[Ge]([F])([F])[C](F)(F)F. The van der Waals surface area contributed by atoms with E-state index in [2.05, 4.69) is 0 Å². The Morgan fingerprint density at radius 3 is 0.818 bits per heavy atom. The van der Waals surface area contributed by atoms with Gasteiger partial charge < -0.3 is 0 Å². The van der Waals surface area contributed by atoms with Crippen LogP contribution < -0.4 is 0 Å². The first-order valence-corrected chi connectivity index (χ1v) is 5.70. The van der Waals surface area contributed by atoms with Gasteiger partial charge in [-0.05, 0) is 0 Å². The van der Waals surface area contributed by atoms with Gasteiger partial charge in [-0.1, -0.05) is 0 Å². The van der Waals surface area contributed by atoms with Gasteiger partial charge in [-0.3, -0.25) is 0 Å². The van der Waals surface area contributed by atoms with Crippen LogP contribution in [0.5, 0.6) is 0 Å². The molecule has 0 rings (SSSR count). The van der Waals surface area contributed by atoms with Gasteiger partial charge in [0.15, 0.2) is 0 Å². The summed E-state index contributed by atoms with van der Waals surface area (Å²) in [5.74, 6) is 0. The molecule has 68 valence electrons. The van der Waals surface area contributed by atoms with Crippen LogP contribution in [-0.4, -0.2) is 24.2 Å². The van der Waals surface area contributed by atoms with E-state index >= 15 is 0 Å². The standard InChI is InChI=1S/C2F8Ge/c3-1(4,5)11(9,10)2(6,7)8. The average Bonchev–Trinajstić information content (AvgIpc) is 1.58. The second kappa shape index (κ2) is 2.49. The predicted octanol–water partition coefficient (Wildman–Crippen LogP) is 2.57. The van der Waals surface area contributed by atoms with Gasteiger partial charge >= 0.3 is 57.6 Å². The molecule has 0 bridgehead atoms.